The largest absolute Gasteiger partial charge is 0.393 e. The van der Waals surface area contributed by atoms with Crippen LogP contribution in [0.25, 0.3) is 0 Å². The van der Waals surface area contributed by atoms with Crippen LogP contribution in [0, 0.1) is 23.1 Å². The third kappa shape index (κ3) is 2.95. The maximum atomic E-state index is 13.3. The quantitative estimate of drug-likeness (QED) is 0.843. The van der Waals surface area contributed by atoms with Crippen molar-refractivity contribution < 1.29 is 9.50 Å². The summed E-state index contributed by atoms with van der Waals surface area (Å²) in [6, 6.07) is 6.30. The minimum Gasteiger partial charge on any atom is -0.393 e. The topological polar surface area (TPSA) is 56.0 Å². The first kappa shape index (κ1) is 11.9. The van der Waals surface area contributed by atoms with Crippen LogP contribution in [0.3, 0.4) is 0 Å². The highest BCUT2D eigenvalue weighted by Crippen LogP contribution is 2.25. The molecule has 2 unspecified atom stereocenters. The maximum Gasteiger partial charge on any atom is 0.143 e. The van der Waals surface area contributed by atoms with Gasteiger partial charge >= 0.3 is 0 Å². The van der Waals surface area contributed by atoms with Gasteiger partial charge in [-0.3, -0.25) is 0 Å². The van der Waals surface area contributed by atoms with E-state index in [1.54, 1.807) is 12.1 Å². The molecule has 4 heteroatoms. The number of nitrogens with one attached hydrogen (secondary N) is 1. The number of halogens is 1. The first-order valence-corrected chi connectivity index (χ1v) is 5.80. The smallest absolute Gasteiger partial charge is 0.143 e. The third-order valence-electron chi connectivity index (χ3n) is 3.20. The Hall–Kier alpha value is -1.60. The fourth-order valence-corrected chi connectivity index (χ4v) is 2.21. The number of hydrogen-bond acceptors (Lipinski definition) is 3. The SMILES string of the molecule is N#Cc1ccc(NCC2CCC(O)C2)cc1F. The van der Waals surface area contributed by atoms with Crippen molar-refractivity contribution in [2.45, 2.75) is 25.4 Å². The Kier molecular flexibility index (Phi) is 3.60. The molecule has 0 aliphatic heterocycles. The first-order chi connectivity index (χ1) is 8.19. The average molecular weight is 234 g/mol. The van der Waals surface area contributed by atoms with Gasteiger partial charge in [-0.25, -0.2) is 4.39 Å². The summed E-state index contributed by atoms with van der Waals surface area (Å²) in [5.74, 6) is -0.0485. The summed E-state index contributed by atoms with van der Waals surface area (Å²) in [6.45, 7) is 0.738. The minimum atomic E-state index is -0.496. The Balaban J connectivity index is 1.91. The molecular weight excluding hydrogens is 219 g/mol. The molecule has 2 atom stereocenters. The molecule has 2 rings (SSSR count). The highest BCUT2D eigenvalue weighted by Gasteiger charge is 2.22. The van der Waals surface area contributed by atoms with Crippen molar-refractivity contribution in [1.29, 1.82) is 5.26 Å². The fraction of sp³-hybridized carbons (Fsp3) is 0.462. The molecular formula is C13H15FN2O. The molecule has 0 aromatic heterocycles. The van der Waals surface area contributed by atoms with E-state index < -0.39 is 5.82 Å². The van der Waals surface area contributed by atoms with Crippen LogP contribution in [-0.4, -0.2) is 17.8 Å². The fourth-order valence-electron chi connectivity index (χ4n) is 2.21. The number of anilines is 1. The molecule has 3 nitrogen and oxygen atoms in total. The molecule has 0 spiro atoms. The van der Waals surface area contributed by atoms with Gasteiger partial charge in [0.25, 0.3) is 0 Å². The van der Waals surface area contributed by atoms with Gasteiger partial charge in [-0.2, -0.15) is 5.26 Å². The molecule has 0 saturated heterocycles. The molecule has 1 aliphatic rings. The lowest BCUT2D eigenvalue weighted by Gasteiger charge is -2.12. The van der Waals surface area contributed by atoms with Crippen molar-refractivity contribution >= 4 is 5.69 Å². The van der Waals surface area contributed by atoms with Gasteiger partial charge in [0.05, 0.1) is 11.7 Å². The van der Waals surface area contributed by atoms with Crippen LogP contribution in [0.5, 0.6) is 0 Å². The van der Waals surface area contributed by atoms with Gasteiger partial charge in [-0.1, -0.05) is 0 Å². The highest BCUT2D eigenvalue weighted by molar-refractivity contribution is 5.48. The van der Waals surface area contributed by atoms with Gasteiger partial charge in [-0.05, 0) is 43.4 Å². The number of rotatable bonds is 3. The molecule has 0 bridgehead atoms. The average Bonchev–Trinajstić information content (AvgIpc) is 2.73. The van der Waals surface area contributed by atoms with Crippen LogP contribution in [0.1, 0.15) is 24.8 Å². The van der Waals surface area contributed by atoms with Gasteiger partial charge in [-0.15, -0.1) is 0 Å². The van der Waals surface area contributed by atoms with Gasteiger partial charge in [0, 0.05) is 12.2 Å². The van der Waals surface area contributed by atoms with Gasteiger partial charge in [0.2, 0.25) is 0 Å². The second kappa shape index (κ2) is 5.15. The van der Waals surface area contributed by atoms with E-state index >= 15 is 0 Å². The van der Waals surface area contributed by atoms with E-state index in [-0.39, 0.29) is 11.7 Å². The highest BCUT2D eigenvalue weighted by atomic mass is 19.1. The normalized spacial score (nSPS) is 23.4. The van der Waals surface area contributed by atoms with Gasteiger partial charge < -0.3 is 10.4 Å². The van der Waals surface area contributed by atoms with Crippen LogP contribution in [0.15, 0.2) is 18.2 Å². The summed E-state index contributed by atoms with van der Waals surface area (Å²) in [4.78, 5) is 0. The van der Waals surface area contributed by atoms with Crippen molar-refractivity contribution in [2.24, 2.45) is 5.92 Å². The van der Waals surface area contributed by atoms with Crippen molar-refractivity contribution in [1.82, 2.24) is 0 Å². The summed E-state index contributed by atoms with van der Waals surface area (Å²) in [5.41, 5.74) is 0.745. The number of aliphatic hydroxyl groups excluding tert-OH is 1. The zero-order valence-corrected chi connectivity index (χ0v) is 9.49. The van der Waals surface area contributed by atoms with Crippen molar-refractivity contribution in [2.75, 3.05) is 11.9 Å². The molecule has 1 aromatic rings. The number of aliphatic hydroxyl groups is 1. The van der Waals surface area contributed by atoms with E-state index in [1.807, 2.05) is 0 Å². The molecule has 17 heavy (non-hydrogen) atoms. The minimum absolute atomic E-state index is 0.0619. The van der Waals surface area contributed by atoms with E-state index in [2.05, 4.69) is 5.32 Å². The van der Waals surface area contributed by atoms with Crippen LogP contribution in [0.2, 0.25) is 0 Å². The maximum absolute atomic E-state index is 13.3. The summed E-state index contributed by atoms with van der Waals surface area (Å²) >= 11 is 0. The molecule has 0 radical (unpaired) electrons. The Morgan fingerprint density at radius 2 is 2.29 bits per heavy atom. The number of nitriles is 1. The number of benzene rings is 1. The van der Waals surface area contributed by atoms with Crippen molar-refractivity contribution in [3.8, 4) is 6.07 Å². The molecule has 1 aliphatic carbocycles. The summed E-state index contributed by atoms with van der Waals surface area (Å²) in [6.07, 6.45) is 2.49. The van der Waals surface area contributed by atoms with Crippen LogP contribution >= 0.6 is 0 Å². The van der Waals surface area contributed by atoms with Crippen molar-refractivity contribution in [3.63, 3.8) is 0 Å². The third-order valence-corrected chi connectivity index (χ3v) is 3.20. The summed E-state index contributed by atoms with van der Waals surface area (Å²) in [7, 11) is 0. The lowest BCUT2D eigenvalue weighted by molar-refractivity contribution is 0.178. The van der Waals surface area contributed by atoms with Crippen LogP contribution in [0.4, 0.5) is 10.1 Å². The Labute approximate surface area is 99.9 Å². The first-order valence-electron chi connectivity index (χ1n) is 5.80. The van der Waals surface area contributed by atoms with Crippen LogP contribution < -0.4 is 5.32 Å². The Morgan fingerprint density at radius 1 is 1.47 bits per heavy atom. The van der Waals surface area contributed by atoms with Gasteiger partial charge in [0.15, 0.2) is 0 Å². The Morgan fingerprint density at radius 3 is 2.88 bits per heavy atom. The number of hydrogen-bond donors (Lipinski definition) is 2. The predicted molar refractivity (Wildman–Crippen MR) is 63.0 cm³/mol. The van der Waals surface area contributed by atoms with Gasteiger partial charge in [0.1, 0.15) is 11.9 Å². The van der Waals surface area contributed by atoms with E-state index in [9.17, 15) is 9.50 Å². The lowest BCUT2D eigenvalue weighted by atomic mass is 10.1. The van der Waals surface area contributed by atoms with E-state index in [0.717, 1.165) is 25.8 Å². The zero-order valence-electron chi connectivity index (χ0n) is 9.49. The van der Waals surface area contributed by atoms with Crippen molar-refractivity contribution in [3.05, 3.63) is 29.6 Å². The molecule has 0 amide bonds. The molecule has 90 valence electrons. The molecule has 1 aromatic carbocycles. The van der Waals surface area contributed by atoms with E-state index in [4.69, 9.17) is 5.26 Å². The monoisotopic (exact) mass is 234 g/mol. The zero-order chi connectivity index (χ0) is 12.3. The Bertz CT molecular complexity index is 442. The molecule has 1 fully saturated rings. The second-order valence-corrected chi connectivity index (χ2v) is 4.52. The lowest BCUT2D eigenvalue weighted by Crippen LogP contribution is -2.12. The summed E-state index contributed by atoms with van der Waals surface area (Å²) in [5, 5.41) is 21.1. The van der Waals surface area contributed by atoms with Crippen LogP contribution in [-0.2, 0) is 0 Å². The summed E-state index contributed by atoms with van der Waals surface area (Å²) < 4.78 is 13.3. The standard InChI is InChI=1S/C13H15FN2O/c14-13-6-11(3-2-10(13)7-15)16-8-9-1-4-12(17)5-9/h2-3,6,9,12,16-17H,1,4-5,8H2. The number of nitrogens with zero attached hydrogens (tertiary/aromatic N) is 1. The molecule has 0 heterocycles. The molecule has 2 N–H and O–H groups in total. The second-order valence-electron chi connectivity index (χ2n) is 4.52. The van der Waals surface area contributed by atoms with E-state index in [1.165, 1.54) is 12.1 Å². The molecule has 1 saturated carbocycles. The predicted octanol–water partition coefficient (Wildman–Crippen LogP) is 2.27. The van der Waals surface area contributed by atoms with E-state index in [0.29, 0.717) is 11.6 Å².